The first-order valence-electron chi connectivity index (χ1n) is 6.15. The number of fused-ring (bicyclic) bond motifs is 1. The van der Waals surface area contributed by atoms with Crippen LogP contribution < -0.4 is 10.1 Å². The molecule has 17 heavy (non-hydrogen) atoms. The Morgan fingerprint density at radius 1 is 1.41 bits per heavy atom. The van der Waals surface area contributed by atoms with E-state index in [0.29, 0.717) is 19.1 Å². The number of para-hydroxylation sites is 1. The standard InChI is InChI=1S/C14H19NO2/c1-10(2)7-15-8-11-9-17-13-6-4-3-5-12(13)14(11)16/h3-6,10-11,15H,7-9H2,1-2H3/t11-/m0/s1. The third-order valence-electron chi connectivity index (χ3n) is 2.91. The molecule has 92 valence electrons. The SMILES string of the molecule is CC(C)CNC[C@H]1COc2ccccc2C1=O. The molecule has 0 bridgehead atoms. The molecule has 1 N–H and O–H groups in total. The molecule has 0 saturated carbocycles. The largest absolute Gasteiger partial charge is 0.492 e. The fourth-order valence-electron chi connectivity index (χ4n) is 1.98. The van der Waals surface area contributed by atoms with Gasteiger partial charge in [0.25, 0.3) is 0 Å². The average Bonchev–Trinajstić information content (AvgIpc) is 2.32. The summed E-state index contributed by atoms with van der Waals surface area (Å²) in [5.41, 5.74) is 0.718. The van der Waals surface area contributed by atoms with Gasteiger partial charge in [0.05, 0.1) is 18.1 Å². The average molecular weight is 233 g/mol. The minimum Gasteiger partial charge on any atom is -0.492 e. The first-order chi connectivity index (χ1) is 8.18. The Kier molecular flexibility index (Phi) is 3.79. The van der Waals surface area contributed by atoms with Crippen LogP contribution in [-0.4, -0.2) is 25.5 Å². The van der Waals surface area contributed by atoms with Crippen molar-refractivity contribution in [2.75, 3.05) is 19.7 Å². The molecule has 1 aromatic carbocycles. The predicted octanol–water partition coefficient (Wildman–Crippen LogP) is 2.12. The van der Waals surface area contributed by atoms with Crippen LogP contribution in [0.4, 0.5) is 0 Å². The topological polar surface area (TPSA) is 38.3 Å². The molecule has 0 aliphatic carbocycles. The lowest BCUT2D eigenvalue weighted by Crippen LogP contribution is -2.37. The van der Waals surface area contributed by atoms with Gasteiger partial charge in [-0.15, -0.1) is 0 Å². The molecule has 0 fully saturated rings. The van der Waals surface area contributed by atoms with E-state index < -0.39 is 0 Å². The smallest absolute Gasteiger partial charge is 0.174 e. The highest BCUT2D eigenvalue weighted by Crippen LogP contribution is 2.26. The maximum atomic E-state index is 12.2. The second-order valence-corrected chi connectivity index (χ2v) is 4.92. The van der Waals surface area contributed by atoms with Gasteiger partial charge >= 0.3 is 0 Å². The molecular weight excluding hydrogens is 214 g/mol. The molecule has 3 heteroatoms. The Bertz CT molecular complexity index is 401. The summed E-state index contributed by atoms with van der Waals surface area (Å²) in [5.74, 6) is 1.46. The lowest BCUT2D eigenvalue weighted by atomic mass is 9.95. The number of ether oxygens (including phenoxy) is 1. The Morgan fingerprint density at radius 2 is 2.18 bits per heavy atom. The summed E-state index contributed by atoms with van der Waals surface area (Å²) < 4.78 is 5.60. The zero-order chi connectivity index (χ0) is 12.3. The second kappa shape index (κ2) is 5.32. The summed E-state index contributed by atoms with van der Waals surface area (Å²) >= 11 is 0. The van der Waals surface area contributed by atoms with Crippen LogP contribution in [0, 0.1) is 11.8 Å². The highest BCUT2D eigenvalue weighted by atomic mass is 16.5. The molecule has 2 rings (SSSR count). The van der Waals surface area contributed by atoms with E-state index in [4.69, 9.17) is 4.74 Å². The van der Waals surface area contributed by atoms with Gasteiger partial charge in [-0.25, -0.2) is 0 Å². The van der Waals surface area contributed by atoms with Crippen LogP contribution >= 0.6 is 0 Å². The Balaban J connectivity index is 1.98. The summed E-state index contributed by atoms with van der Waals surface area (Å²) in [6.45, 7) is 6.43. The van der Waals surface area contributed by atoms with Crippen molar-refractivity contribution in [3.05, 3.63) is 29.8 Å². The molecule has 0 saturated heterocycles. The van der Waals surface area contributed by atoms with E-state index in [1.54, 1.807) is 0 Å². The van der Waals surface area contributed by atoms with Gasteiger partial charge in [-0.1, -0.05) is 26.0 Å². The van der Waals surface area contributed by atoms with E-state index in [2.05, 4.69) is 19.2 Å². The van der Waals surface area contributed by atoms with Crippen molar-refractivity contribution in [1.82, 2.24) is 5.32 Å². The Morgan fingerprint density at radius 3 is 2.94 bits per heavy atom. The summed E-state index contributed by atoms with van der Waals surface area (Å²) in [5, 5.41) is 3.31. The molecule has 1 aromatic rings. The van der Waals surface area contributed by atoms with E-state index in [0.717, 1.165) is 17.9 Å². The number of Topliss-reactive ketones (excluding diaryl/α,β-unsaturated/α-hetero) is 1. The summed E-state index contributed by atoms with van der Waals surface area (Å²) in [4.78, 5) is 12.2. The summed E-state index contributed by atoms with van der Waals surface area (Å²) in [6, 6.07) is 7.46. The van der Waals surface area contributed by atoms with Gasteiger partial charge in [0.15, 0.2) is 5.78 Å². The highest BCUT2D eigenvalue weighted by Gasteiger charge is 2.27. The van der Waals surface area contributed by atoms with Crippen molar-refractivity contribution < 1.29 is 9.53 Å². The minimum atomic E-state index is -0.0522. The lowest BCUT2D eigenvalue weighted by Gasteiger charge is -2.24. The molecule has 0 spiro atoms. The van der Waals surface area contributed by atoms with Crippen molar-refractivity contribution in [2.45, 2.75) is 13.8 Å². The zero-order valence-electron chi connectivity index (χ0n) is 10.4. The van der Waals surface area contributed by atoms with Crippen molar-refractivity contribution in [3.63, 3.8) is 0 Å². The Labute approximate surface area is 102 Å². The van der Waals surface area contributed by atoms with Gasteiger partial charge in [-0.3, -0.25) is 4.79 Å². The number of nitrogens with one attached hydrogen (secondary N) is 1. The van der Waals surface area contributed by atoms with Gasteiger partial charge in [-0.2, -0.15) is 0 Å². The molecule has 1 atom stereocenters. The van der Waals surface area contributed by atoms with Crippen molar-refractivity contribution in [1.29, 1.82) is 0 Å². The third-order valence-corrected chi connectivity index (χ3v) is 2.91. The maximum Gasteiger partial charge on any atom is 0.174 e. The molecule has 1 heterocycles. The zero-order valence-corrected chi connectivity index (χ0v) is 10.4. The highest BCUT2D eigenvalue weighted by molar-refractivity contribution is 6.01. The quantitative estimate of drug-likeness (QED) is 0.865. The van der Waals surface area contributed by atoms with Crippen LogP contribution in [0.25, 0.3) is 0 Å². The van der Waals surface area contributed by atoms with Gasteiger partial charge in [0.1, 0.15) is 5.75 Å². The number of ketones is 1. The first-order valence-corrected chi connectivity index (χ1v) is 6.15. The van der Waals surface area contributed by atoms with Crippen LogP contribution in [0.3, 0.4) is 0 Å². The fraction of sp³-hybridized carbons (Fsp3) is 0.500. The van der Waals surface area contributed by atoms with Crippen molar-refractivity contribution >= 4 is 5.78 Å². The number of benzene rings is 1. The molecule has 3 nitrogen and oxygen atoms in total. The number of hydrogen-bond donors (Lipinski definition) is 1. The number of carbonyl (C=O) groups excluding carboxylic acids is 1. The fourth-order valence-corrected chi connectivity index (χ4v) is 1.98. The van der Waals surface area contributed by atoms with E-state index >= 15 is 0 Å². The first kappa shape index (κ1) is 12.1. The number of hydrogen-bond acceptors (Lipinski definition) is 3. The lowest BCUT2D eigenvalue weighted by molar-refractivity contribution is 0.0829. The molecule has 0 radical (unpaired) electrons. The summed E-state index contributed by atoms with van der Waals surface area (Å²) in [7, 11) is 0. The molecule has 0 unspecified atom stereocenters. The van der Waals surface area contributed by atoms with Crippen LogP contribution in [0.1, 0.15) is 24.2 Å². The van der Waals surface area contributed by atoms with E-state index in [1.165, 1.54) is 0 Å². The molecule has 0 aromatic heterocycles. The van der Waals surface area contributed by atoms with Crippen molar-refractivity contribution in [3.8, 4) is 5.75 Å². The Hall–Kier alpha value is -1.35. The number of rotatable bonds is 4. The van der Waals surface area contributed by atoms with Gasteiger partial charge < -0.3 is 10.1 Å². The van der Waals surface area contributed by atoms with Crippen LogP contribution in [0.2, 0.25) is 0 Å². The van der Waals surface area contributed by atoms with E-state index in [-0.39, 0.29) is 11.7 Å². The minimum absolute atomic E-state index is 0.0522. The van der Waals surface area contributed by atoms with Gasteiger partial charge in [0.2, 0.25) is 0 Å². The molecule has 1 aliphatic heterocycles. The number of carbonyl (C=O) groups is 1. The van der Waals surface area contributed by atoms with Crippen LogP contribution in [0.5, 0.6) is 5.75 Å². The van der Waals surface area contributed by atoms with E-state index in [9.17, 15) is 4.79 Å². The maximum absolute atomic E-state index is 12.2. The van der Waals surface area contributed by atoms with Crippen molar-refractivity contribution in [2.24, 2.45) is 11.8 Å². The predicted molar refractivity (Wildman–Crippen MR) is 67.5 cm³/mol. The summed E-state index contributed by atoms with van der Waals surface area (Å²) in [6.07, 6.45) is 0. The molecule has 1 aliphatic rings. The van der Waals surface area contributed by atoms with E-state index in [1.807, 2.05) is 24.3 Å². The molecular formula is C14H19NO2. The second-order valence-electron chi connectivity index (χ2n) is 4.92. The van der Waals surface area contributed by atoms with Crippen LogP contribution in [0.15, 0.2) is 24.3 Å². The van der Waals surface area contributed by atoms with Gasteiger partial charge in [-0.05, 0) is 24.6 Å². The van der Waals surface area contributed by atoms with Crippen LogP contribution in [-0.2, 0) is 0 Å². The normalized spacial score (nSPS) is 19.0. The monoisotopic (exact) mass is 233 g/mol. The third kappa shape index (κ3) is 2.86. The molecule has 0 amide bonds. The van der Waals surface area contributed by atoms with Gasteiger partial charge in [0, 0.05) is 6.54 Å².